The van der Waals surface area contributed by atoms with Crippen molar-refractivity contribution in [3.05, 3.63) is 23.8 Å². The topological polar surface area (TPSA) is 46.5 Å². The van der Waals surface area contributed by atoms with Gasteiger partial charge < -0.3 is 0 Å². The molecule has 0 saturated carbocycles. The van der Waals surface area contributed by atoms with Crippen molar-refractivity contribution in [3.63, 3.8) is 0 Å². The lowest BCUT2D eigenvalue weighted by atomic mass is 10.0. The van der Waals surface area contributed by atoms with E-state index in [1.807, 2.05) is 6.08 Å². The van der Waals surface area contributed by atoms with Crippen molar-refractivity contribution < 1.29 is 9.59 Å². The number of aliphatic imine (C=N–C) groups is 1. The first-order chi connectivity index (χ1) is 5.29. The lowest BCUT2D eigenvalue weighted by Gasteiger charge is -1.98. The average Bonchev–Trinajstić information content (AvgIpc) is 2.30. The highest BCUT2D eigenvalue weighted by Gasteiger charge is 2.29. The number of ketones is 1. The van der Waals surface area contributed by atoms with E-state index in [0.29, 0.717) is 17.7 Å². The summed E-state index contributed by atoms with van der Waals surface area (Å²) in [5.74, 6) is -1.11. The van der Waals surface area contributed by atoms with Crippen molar-refractivity contribution in [1.82, 2.24) is 0 Å². The molecule has 11 heavy (non-hydrogen) atoms. The van der Waals surface area contributed by atoms with Gasteiger partial charge in [-0.15, -0.1) is 0 Å². The van der Waals surface area contributed by atoms with E-state index >= 15 is 0 Å². The van der Waals surface area contributed by atoms with E-state index in [4.69, 9.17) is 0 Å². The maximum atomic E-state index is 11.0. The zero-order valence-corrected chi connectivity index (χ0v) is 5.70. The molecule has 1 amide bonds. The van der Waals surface area contributed by atoms with Gasteiger partial charge in [0.25, 0.3) is 5.78 Å². The number of Topliss-reactive ketones (excluding diaryl/α,β-unsaturated/α-hetero) is 1. The first-order valence-electron chi connectivity index (χ1n) is 3.33. The van der Waals surface area contributed by atoms with Crippen LogP contribution in [-0.4, -0.2) is 17.4 Å². The minimum Gasteiger partial charge on any atom is -0.283 e. The second-order valence-corrected chi connectivity index (χ2v) is 2.39. The van der Waals surface area contributed by atoms with E-state index in [-0.39, 0.29) is 0 Å². The molecule has 3 nitrogen and oxygen atoms in total. The van der Waals surface area contributed by atoms with Gasteiger partial charge in [-0.05, 0) is 12.5 Å². The molecule has 0 radical (unpaired) electrons. The van der Waals surface area contributed by atoms with Gasteiger partial charge in [0.15, 0.2) is 0 Å². The van der Waals surface area contributed by atoms with Gasteiger partial charge in [-0.25, -0.2) is 4.99 Å². The van der Waals surface area contributed by atoms with Gasteiger partial charge in [0.1, 0.15) is 0 Å². The van der Waals surface area contributed by atoms with E-state index in [1.165, 1.54) is 0 Å². The molecule has 0 bridgehead atoms. The molecule has 1 aliphatic heterocycles. The molecule has 0 atom stereocenters. The second-order valence-electron chi connectivity index (χ2n) is 2.39. The minimum absolute atomic E-state index is 0.468. The van der Waals surface area contributed by atoms with Crippen LogP contribution in [0, 0.1) is 0 Å². The van der Waals surface area contributed by atoms with E-state index < -0.39 is 11.7 Å². The van der Waals surface area contributed by atoms with Crippen LogP contribution >= 0.6 is 0 Å². The highest BCUT2D eigenvalue weighted by molar-refractivity contribution is 6.57. The monoisotopic (exact) mass is 147 g/mol. The van der Waals surface area contributed by atoms with Crippen LogP contribution in [0.3, 0.4) is 0 Å². The largest absolute Gasteiger partial charge is 0.318 e. The third-order valence-electron chi connectivity index (χ3n) is 1.67. The van der Waals surface area contributed by atoms with Gasteiger partial charge in [0.05, 0.1) is 5.71 Å². The minimum atomic E-state index is -0.641. The third-order valence-corrected chi connectivity index (χ3v) is 1.67. The van der Waals surface area contributed by atoms with Gasteiger partial charge in [-0.3, -0.25) is 9.59 Å². The zero-order chi connectivity index (χ0) is 7.84. The molecule has 0 spiro atoms. The van der Waals surface area contributed by atoms with Gasteiger partial charge >= 0.3 is 5.91 Å². The molecule has 2 rings (SSSR count). The molecule has 0 fully saturated rings. The number of allylic oxidation sites excluding steroid dienone is 3. The predicted molar refractivity (Wildman–Crippen MR) is 39.3 cm³/mol. The Bertz CT molecular complexity index is 334. The van der Waals surface area contributed by atoms with Crippen molar-refractivity contribution >= 4 is 17.4 Å². The molecule has 0 aromatic rings. The zero-order valence-electron chi connectivity index (χ0n) is 5.70. The van der Waals surface area contributed by atoms with E-state index in [2.05, 4.69) is 4.99 Å². The Hall–Kier alpha value is -1.51. The number of carbonyl (C=O) groups excluding carboxylic acids is 2. The Balaban J connectivity index is 2.53. The summed E-state index contributed by atoms with van der Waals surface area (Å²) in [6.07, 6.45) is 6.02. The summed E-state index contributed by atoms with van der Waals surface area (Å²) in [5, 5.41) is 0. The van der Waals surface area contributed by atoms with Crippen molar-refractivity contribution in [1.29, 1.82) is 0 Å². The summed E-state index contributed by atoms with van der Waals surface area (Å²) >= 11 is 0. The normalized spacial score (nSPS) is 21.5. The Morgan fingerprint density at radius 2 is 2.18 bits per heavy atom. The molecular weight excluding hydrogens is 142 g/mol. The summed E-state index contributed by atoms with van der Waals surface area (Å²) in [6.45, 7) is 0. The fourth-order valence-corrected chi connectivity index (χ4v) is 1.14. The number of nitrogens with zero attached hydrogens (tertiary/aromatic N) is 1. The van der Waals surface area contributed by atoms with Crippen LogP contribution < -0.4 is 0 Å². The lowest BCUT2D eigenvalue weighted by molar-refractivity contribution is -0.132. The van der Waals surface area contributed by atoms with Gasteiger partial charge in [-0.1, -0.05) is 12.2 Å². The number of fused-ring (bicyclic) bond motifs is 1. The van der Waals surface area contributed by atoms with Crippen LogP contribution in [0.25, 0.3) is 0 Å². The predicted octanol–water partition coefficient (Wildman–Crippen LogP) is 0.423. The molecule has 2 aliphatic rings. The number of rotatable bonds is 0. The molecular formula is C8H5NO2. The molecule has 3 heteroatoms. The van der Waals surface area contributed by atoms with Crippen LogP contribution in [0.5, 0.6) is 0 Å². The number of amides is 1. The summed E-state index contributed by atoms with van der Waals surface area (Å²) in [7, 11) is 0. The highest BCUT2D eigenvalue weighted by atomic mass is 16.2. The highest BCUT2D eigenvalue weighted by Crippen LogP contribution is 2.16. The average molecular weight is 147 g/mol. The Morgan fingerprint density at radius 3 is 2.91 bits per heavy atom. The molecule has 1 heterocycles. The van der Waals surface area contributed by atoms with Crippen LogP contribution in [0.1, 0.15) is 6.42 Å². The van der Waals surface area contributed by atoms with E-state index in [1.54, 1.807) is 12.2 Å². The fourth-order valence-electron chi connectivity index (χ4n) is 1.14. The quantitative estimate of drug-likeness (QED) is 0.466. The van der Waals surface area contributed by atoms with Crippen LogP contribution in [-0.2, 0) is 9.59 Å². The Labute approximate surface area is 63.1 Å². The van der Waals surface area contributed by atoms with Gasteiger partial charge in [0, 0.05) is 5.57 Å². The van der Waals surface area contributed by atoms with E-state index in [9.17, 15) is 9.59 Å². The van der Waals surface area contributed by atoms with Gasteiger partial charge in [0.2, 0.25) is 0 Å². The SMILES string of the molecule is O=C1N=C2C=CCC=C2C1=O. The second kappa shape index (κ2) is 1.99. The summed E-state index contributed by atoms with van der Waals surface area (Å²) in [5.41, 5.74) is 0.990. The van der Waals surface area contributed by atoms with Crippen LogP contribution in [0.4, 0.5) is 0 Å². The number of hydrogen-bond acceptors (Lipinski definition) is 2. The first-order valence-corrected chi connectivity index (χ1v) is 3.33. The molecule has 0 saturated heterocycles. The van der Waals surface area contributed by atoms with Crippen molar-refractivity contribution in [3.8, 4) is 0 Å². The molecule has 0 aromatic carbocycles. The fraction of sp³-hybridized carbons (Fsp3) is 0.125. The molecule has 54 valence electrons. The number of carbonyl (C=O) groups is 2. The summed E-state index contributed by atoms with van der Waals surface area (Å²) in [6, 6.07) is 0. The molecule has 1 aliphatic carbocycles. The first kappa shape index (κ1) is 6.22. The Morgan fingerprint density at radius 1 is 1.36 bits per heavy atom. The third kappa shape index (κ3) is 0.774. The van der Waals surface area contributed by atoms with Crippen molar-refractivity contribution in [2.75, 3.05) is 0 Å². The van der Waals surface area contributed by atoms with Crippen molar-refractivity contribution in [2.45, 2.75) is 6.42 Å². The van der Waals surface area contributed by atoms with Crippen molar-refractivity contribution in [2.24, 2.45) is 4.99 Å². The van der Waals surface area contributed by atoms with Crippen LogP contribution in [0.2, 0.25) is 0 Å². The summed E-state index contributed by atoms with van der Waals surface area (Å²) < 4.78 is 0. The smallest absolute Gasteiger partial charge is 0.283 e. The maximum absolute atomic E-state index is 11.0. The number of hydrogen-bond donors (Lipinski definition) is 0. The van der Waals surface area contributed by atoms with Gasteiger partial charge in [-0.2, -0.15) is 0 Å². The standard InChI is InChI=1S/C8H5NO2/c10-7-5-3-1-2-4-6(5)9-8(7)11/h2-4H,1H2. The molecule has 0 unspecified atom stereocenters. The molecule has 0 N–H and O–H groups in total. The molecule has 0 aromatic heterocycles. The maximum Gasteiger partial charge on any atom is 0.318 e. The Kier molecular flexibility index (Phi) is 1.12. The van der Waals surface area contributed by atoms with Crippen LogP contribution in [0.15, 0.2) is 28.8 Å². The lowest BCUT2D eigenvalue weighted by Crippen LogP contribution is -2.09. The summed E-state index contributed by atoms with van der Waals surface area (Å²) in [4.78, 5) is 25.3. The van der Waals surface area contributed by atoms with E-state index in [0.717, 1.165) is 0 Å².